The van der Waals surface area contributed by atoms with Crippen LogP contribution in [-0.2, 0) is 23.2 Å². The molecule has 5 nitrogen and oxygen atoms in total. The second-order valence-electron chi connectivity index (χ2n) is 6.02. The Morgan fingerprint density at radius 2 is 2.00 bits per heavy atom. The molecule has 0 amide bonds. The number of likely N-dealkylation sites (N-methyl/N-ethyl adjacent to an activating group) is 1. The van der Waals surface area contributed by atoms with E-state index in [9.17, 15) is 8.42 Å². The van der Waals surface area contributed by atoms with E-state index in [0.29, 0.717) is 25.6 Å². The summed E-state index contributed by atoms with van der Waals surface area (Å²) in [4.78, 5) is 0. The minimum Gasteiger partial charge on any atom is -0.329 e. The molecule has 0 spiro atoms. The fraction of sp³-hybridized carbons (Fsp3) is 0.600. The van der Waals surface area contributed by atoms with Gasteiger partial charge in [-0.1, -0.05) is 24.3 Å². The third-order valence-electron chi connectivity index (χ3n) is 4.66. The predicted molar refractivity (Wildman–Crippen MR) is 82.8 cm³/mol. The highest BCUT2D eigenvalue weighted by atomic mass is 32.2. The second kappa shape index (κ2) is 5.68. The molecule has 0 bridgehead atoms. The van der Waals surface area contributed by atoms with Gasteiger partial charge in [-0.2, -0.15) is 17.0 Å². The van der Waals surface area contributed by atoms with Crippen LogP contribution in [0.4, 0.5) is 0 Å². The van der Waals surface area contributed by atoms with Crippen LogP contribution in [0.3, 0.4) is 0 Å². The van der Waals surface area contributed by atoms with Gasteiger partial charge in [0.2, 0.25) is 0 Å². The molecule has 1 aliphatic heterocycles. The van der Waals surface area contributed by atoms with E-state index in [4.69, 9.17) is 5.73 Å². The number of benzene rings is 1. The Kier molecular flexibility index (Phi) is 4.05. The van der Waals surface area contributed by atoms with Crippen molar-refractivity contribution < 1.29 is 8.42 Å². The molecule has 3 rings (SSSR count). The Labute approximate surface area is 126 Å². The van der Waals surface area contributed by atoms with Crippen LogP contribution >= 0.6 is 0 Å². The van der Waals surface area contributed by atoms with Crippen LogP contribution in [-0.4, -0.2) is 43.2 Å². The molecule has 1 aromatic rings. The number of hydrogen-bond acceptors (Lipinski definition) is 3. The van der Waals surface area contributed by atoms with Crippen LogP contribution in [0, 0.1) is 5.92 Å². The lowest BCUT2D eigenvalue weighted by atomic mass is 10.0. The van der Waals surface area contributed by atoms with Gasteiger partial charge in [0.25, 0.3) is 10.2 Å². The number of nitrogens with two attached hydrogens (primary N) is 1. The monoisotopic (exact) mass is 309 g/mol. The van der Waals surface area contributed by atoms with E-state index in [1.54, 1.807) is 11.4 Å². The Bertz CT molecular complexity index is 613. The third kappa shape index (κ3) is 2.85. The van der Waals surface area contributed by atoms with Crippen molar-refractivity contribution in [2.24, 2.45) is 11.7 Å². The molecule has 1 aliphatic carbocycles. The predicted octanol–water partition coefficient (Wildman–Crippen LogP) is 0.959. The summed E-state index contributed by atoms with van der Waals surface area (Å²) in [6, 6.07) is 8.00. The van der Waals surface area contributed by atoms with Crippen molar-refractivity contribution >= 4 is 10.2 Å². The molecule has 21 heavy (non-hydrogen) atoms. The summed E-state index contributed by atoms with van der Waals surface area (Å²) < 4.78 is 28.7. The number of hydrogen-bond donors (Lipinski definition) is 1. The van der Waals surface area contributed by atoms with Crippen LogP contribution in [0.2, 0.25) is 0 Å². The summed E-state index contributed by atoms with van der Waals surface area (Å²) in [5.41, 5.74) is 8.15. The highest BCUT2D eigenvalue weighted by molar-refractivity contribution is 7.86. The van der Waals surface area contributed by atoms with Gasteiger partial charge in [-0.3, -0.25) is 0 Å². The van der Waals surface area contributed by atoms with Gasteiger partial charge in [-0.05, 0) is 36.3 Å². The molecule has 1 saturated carbocycles. The van der Waals surface area contributed by atoms with Crippen LogP contribution in [0.1, 0.15) is 24.0 Å². The summed E-state index contributed by atoms with van der Waals surface area (Å²) in [6.45, 7) is 1.40. The van der Waals surface area contributed by atoms with Gasteiger partial charge in [0.15, 0.2) is 0 Å². The minimum atomic E-state index is -3.43. The van der Waals surface area contributed by atoms with Crippen molar-refractivity contribution in [3.8, 4) is 0 Å². The SMILES string of the molecule is CN(C(CN)C1CC1)S(=O)(=O)N1CCc2ccccc2C1. The maximum atomic E-state index is 12.8. The number of fused-ring (bicyclic) bond motifs is 1. The quantitative estimate of drug-likeness (QED) is 0.881. The van der Waals surface area contributed by atoms with Crippen molar-refractivity contribution in [2.45, 2.75) is 31.8 Å². The smallest absolute Gasteiger partial charge is 0.282 e. The number of nitrogens with zero attached hydrogens (tertiary/aromatic N) is 2. The third-order valence-corrected chi connectivity index (χ3v) is 6.62. The van der Waals surface area contributed by atoms with Crippen molar-refractivity contribution in [1.82, 2.24) is 8.61 Å². The lowest BCUT2D eigenvalue weighted by Gasteiger charge is -2.34. The van der Waals surface area contributed by atoms with Crippen molar-refractivity contribution in [2.75, 3.05) is 20.1 Å². The van der Waals surface area contributed by atoms with Crippen LogP contribution in [0.25, 0.3) is 0 Å². The first-order chi connectivity index (χ1) is 10.0. The lowest BCUT2D eigenvalue weighted by Crippen LogP contribution is -2.50. The van der Waals surface area contributed by atoms with Crippen LogP contribution in [0.15, 0.2) is 24.3 Å². The Hall–Kier alpha value is -0.950. The van der Waals surface area contributed by atoms with Gasteiger partial charge in [0.1, 0.15) is 0 Å². The van der Waals surface area contributed by atoms with Gasteiger partial charge in [-0.15, -0.1) is 0 Å². The maximum absolute atomic E-state index is 12.8. The molecule has 116 valence electrons. The topological polar surface area (TPSA) is 66.6 Å². The largest absolute Gasteiger partial charge is 0.329 e. The molecule has 1 heterocycles. The highest BCUT2D eigenvalue weighted by Gasteiger charge is 2.40. The van der Waals surface area contributed by atoms with Crippen LogP contribution < -0.4 is 5.73 Å². The zero-order valence-corrected chi connectivity index (χ0v) is 13.2. The maximum Gasteiger partial charge on any atom is 0.282 e. The van der Waals surface area contributed by atoms with Gasteiger partial charge in [-0.25, -0.2) is 0 Å². The van der Waals surface area contributed by atoms with Gasteiger partial charge in [0.05, 0.1) is 0 Å². The molecule has 1 unspecified atom stereocenters. The molecule has 0 radical (unpaired) electrons. The fourth-order valence-electron chi connectivity index (χ4n) is 3.14. The molecule has 2 aliphatic rings. The zero-order chi connectivity index (χ0) is 15.0. The molecule has 0 aromatic heterocycles. The molecule has 2 N–H and O–H groups in total. The summed E-state index contributed by atoms with van der Waals surface area (Å²) in [7, 11) is -1.76. The van der Waals surface area contributed by atoms with Gasteiger partial charge < -0.3 is 5.73 Å². The first-order valence-electron chi connectivity index (χ1n) is 7.54. The molecule has 1 fully saturated rings. The van der Waals surface area contributed by atoms with Crippen LogP contribution in [0.5, 0.6) is 0 Å². The zero-order valence-electron chi connectivity index (χ0n) is 12.4. The summed E-state index contributed by atoms with van der Waals surface area (Å²) in [5.74, 6) is 0.437. The van der Waals surface area contributed by atoms with Crippen molar-refractivity contribution in [3.63, 3.8) is 0 Å². The van der Waals surface area contributed by atoms with E-state index >= 15 is 0 Å². The van der Waals surface area contributed by atoms with E-state index in [2.05, 4.69) is 6.07 Å². The summed E-state index contributed by atoms with van der Waals surface area (Å²) >= 11 is 0. The molecule has 1 aromatic carbocycles. The van der Waals surface area contributed by atoms with E-state index in [1.165, 1.54) is 9.87 Å². The fourth-order valence-corrected chi connectivity index (χ4v) is 4.73. The van der Waals surface area contributed by atoms with E-state index in [1.807, 2.05) is 18.2 Å². The van der Waals surface area contributed by atoms with Crippen molar-refractivity contribution in [3.05, 3.63) is 35.4 Å². The normalized spacial score (nSPS) is 21.3. The first-order valence-corrected chi connectivity index (χ1v) is 8.93. The molecule has 1 atom stereocenters. The van der Waals surface area contributed by atoms with Gasteiger partial charge >= 0.3 is 0 Å². The van der Waals surface area contributed by atoms with E-state index in [0.717, 1.165) is 24.8 Å². The first kappa shape index (κ1) is 15.0. The van der Waals surface area contributed by atoms with E-state index < -0.39 is 10.2 Å². The molecular weight excluding hydrogens is 286 g/mol. The van der Waals surface area contributed by atoms with Gasteiger partial charge in [0, 0.05) is 32.7 Å². The van der Waals surface area contributed by atoms with Crippen molar-refractivity contribution in [1.29, 1.82) is 0 Å². The number of rotatable bonds is 5. The Morgan fingerprint density at radius 1 is 1.33 bits per heavy atom. The molecule has 0 saturated heterocycles. The standard InChI is InChI=1S/C15H23N3O2S/c1-17(15(10-16)13-6-7-13)21(19,20)18-9-8-12-4-2-3-5-14(12)11-18/h2-5,13,15H,6-11,16H2,1H3. The second-order valence-corrected chi connectivity index (χ2v) is 8.00. The highest BCUT2D eigenvalue weighted by Crippen LogP contribution is 2.36. The average molecular weight is 309 g/mol. The molecular formula is C15H23N3O2S. The summed E-state index contributed by atoms with van der Waals surface area (Å²) in [6.07, 6.45) is 2.95. The Balaban J connectivity index is 1.79. The average Bonchev–Trinajstić information content (AvgIpc) is 3.32. The Morgan fingerprint density at radius 3 is 2.62 bits per heavy atom. The van der Waals surface area contributed by atoms with E-state index in [-0.39, 0.29) is 6.04 Å². The molecule has 6 heteroatoms. The summed E-state index contributed by atoms with van der Waals surface area (Å²) in [5, 5.41) is 0. The lowest BCUT2D eigenvalue weighted by molar-refractivity contribution is 0.291. The minimum absolute atomic E-state index is 0.0628.